The summed E-state index contributed by atoms with van der Waals surface area (Å²) in [6.45, 7) is 4.62. The van der Waals surface area contributed by atoms with E-state index in [1.807, 2.05) is 0 Å². The predicted molar refractivity (Wildman–Crippen MR) is 62.6 cm³/mol. The molecule has 0 aliphatic heterocycles. The maximum Gasteiger partial charge on any atom is 0.150 e. The molecule has 1 fully saturated rings. The number of terminal acetylenes is 1. The lowest BCUT2D eigenvalue weighted by Gasteiger charge is -2.17. The summed E-state index contributed by atoms with van der Waals surface area (Å²) < 4.78 is 0. The van der Waals surface area contributed by atoms with Gasteiger partial charge in [-0.25, -0.2) is 4.98 Å². The first-order chi connectivity index (χ1) is 7.81. The van der Waals surface area contributed by atoms with Crippen LogP contribution in [-0.4, -0.2) is 33.2 Å². The van der Waals surface area contributed by atoms with Gasteiger partial charge in [-0.3, -0.25) is 10.00 Å². The predicted octanol–water partition coefficient (Wildman–Crippen LogP) is 1.21. The van der Waals surface area contributed by atoms with Crippen molar-refractivity contribution in [2.45, 2.75) is 32.7 Å². The third kappa shape index (κ3) is 3.07. The Kier molecular flexibility index (Phi) is 3.58. The summed E-state index contributed by atoms with van der Waals surface area (Å²) >= 11 is 0. The zero-order valence-electron chi connectivity index (χ0n) is 9.74. The SMILES string of the molecule is C#CCN(Cc1nc(CC)n[nH]1)CC1CC1. The summed E-state index contributed by atoms with van der Waals surface area (Å²) in [5, 5.41) is 7.10. The lowest BCUT2D eigenvalue weighted by Crippen LogP contribution is -2.26. The van der Waals surface area contributed by atoms with Crippen LogP contribution in [-0.2, 0) is 13.0 Å². The Bertz CT molecular complexity index is 373. The van der Waals surface area contributed by atoms with E-state index in [1.54, 1.807) is 0 Å². The normalized spacial score (nSPS) is 15.3. The molecular formula is C12H18N4. The van der Waals surface area contributed by atoms with Crippen molar-refractivity contribution >= 4 is 0 Å². The highest BCUT2D eigenvalue weighted by atomic mass is 15.2. The summed E-state index contributed by atoms with van der Waals surface area (Å²) in [6, 6.07) is 0. The Balaban J connectivity index is 1.90. The number of hydrogen-bond donors (Lipinski definition) is 1. The Morgan fingerprint density at radius 2 is 2.38 bits per heavy atom. The molecule has 0 spiro atoms. The van der Waals surface area contributed by atoms with Gasteiger partial charge in [-0.05, 0) is 18.8 Å². The molecule has 1 aliphatic rings. The third-order valence-corrected chi connectivity index (χ3v) is 2.80. The number of aromatic amines is 1. The van der Waals surface area contributed by atoms with E-state index in [-0.39, 0.29) is 0 Å². The van der Waals surface area contributed by atoms with Gasteiger partial charge in [0.05, 0.1) is 13.1 Å². The van der Waals surface area contributed by atoms with Gasteiger partial charge in [0.15, 0.2) is 0 Å². The second kappa shape index (κ2) is 5.13. The smallest absolute Gasteiger partial charge is 0.150 e. The summed E-state index contributed by atoms with van der Waals surface area (Å²) in [6.07, 6.45) is 8.93. The van der Waals surface area contributed by atoms with Gasteiger partial charge in [0.1, 0.15) is 11.6 Å². The first-order valence-electron chi connectivity index (χ1n) is 5.87. The summed E-state index contributed by atoms with van der Waals surface area (Å²) in [4.78, 5) is 6.66. The molecule has 0 radical (unpaired) electrons. The lowest BCUT2D eigenvalue weighted by atomic mass is 10.3. The standard InChI is InChI=1S/C12H18N4/c1-3-7-16(8-10-5-6-10)9-12-13-11(4-2)14-15-12/h1,10H,4-9H2,2H3,(H,13,14,15). The van der Waals surface area contributed by atoms with Gasteiger partial charge in [-0.2, -0.15) is 5.10 Å². The first kappa shape index (κ1) is 11.2. The number of aryl methyl sites for hydroxylation is 1. The quantitative estimate of drug-likeness (QED) is 0.730. The van der Waals surface area contributed by atoms with Crippen LogP contribution in [0.2, 0.25) is 0 Å². The fourth-order valence-electron chi connectivity index (χ4n) is 1.76. The molecule has 0 aromatic carbocycles. The molecule has 4 heteroatoms. The maximum atomic E-state index is 5.37. The minimum absolute atomic E-state index is 0.693. The minimum Gasteiger partial charge on any atom is -0.285 e. The van der Waals surface area contributed by atoms with Crippen LogP contribution >= 0.6 is 0 Å². The highest BCUT2D eigenvalue weighted by molar-refractivity contribution is 4.94. The molecule has 2 rings (SSSR count). The highest BCUT2D eigenvalue weighted by Gasteiger charge is 2.24. The average molecular weight is 218 g/mol. The van der Waals surface area contributed by atoms with Crippen LogP contribution in [0.15, 0.2) is 0 Å². The Labute approximate surface area is 96.5 Å². The molecule has 4 nitrogen and oxygen atoms in total. The number of nitrogens with zero attached hydrogens (tertiary/aromatic N) is 3. The van der Waals surface area contributed by atoms with Crippen LogP contribution in [0.1, 0.15) is 31.4 Å². The number of nitrogens with one attached hydrogen (secondary N) is 1. The fourth-order valence-corrected chi connectivity index (χ4v) is 1.76. The van der Waals surface area contributed by atoms with Crippen molar-refractivity contribution in [1.29, 1.82) is 0 Å². The zero-order chi connectivity index (χ0) is 11.4. The summed E-state index contributed by atoms with van der Waals surface area (Å²) in [5.74, 6) is 5.36. The van der Waals surface area contributed by atoms with E-state index in [1.165, 1.54) is 12.8 Å². The molecule has 0 amide bonds. The van der Waals surface area contributed by atoms with Gasteiger partial charge in [0.2, 0.25) is 0 Å². The molecule has 1 heterocycles. The second-order valence-corrected chi connectivity index (χ2v) is 4.37. The molecule has 0 unspecified atom stereocenters. The van der Waals surface area contributed by atoms with Crippen molar-refractivity contribution in [3.63, 3.8) is 0 Å². The van der Waals surface area contributed by atoms with Gasteiger partial charge in [-0.15, -0.1) is 6.42 Å². The minimum atomic E-state index is 0.693. The van der Waals surface area contributed by atoms with E-state index in [4.69, 9.17) is 6.42 Å². The number of rotatable bonds is 6. The van der Waals surface area contributed by atoms with Gasteiger partial charge in [0, 0.05) is 13.0 Å². The summed E-state index contributed by atoms with van der Waals surface area (Å²) in [7, 11) is 0. The topological polar surface area (TPSA) is 44.8 Å². The fraction of sp³-hybridized carbons (Fsp3) is 0.667. The van der Waals surface area contributed by atoms with Gasteiger partial charge >= 0.3 is 0 Å². The van der Waals surface area contributed by atoms with E-state index in [9.17, 15) is 0 Å². The molecule has 1 N–H and O–H groups in total. The summed E-state index contributed by atoms with van der Waals surface area (Å²) in [5.41, 5.74) is 0. The molecular weight excluding hydrogens is 200 g/mol. The third-order valence-electron chi connectivity index (χ3n) is 2.80. The van der Waals surface area contributed by atoms with Crippen LogP contribution in [0.4, 0.5) is 0 Å². The molecule has 86 valence electrons. The van der Waals surface area contributed by atoms with E-state index >= 15 is 0 Å². The van der Waals surface area contributed by atoms with Crippen LogP contribution in [0.25, 0.3) is 0 Å². The number of aromatic nitrogens is 3. The van der Waals surface area contributed by atoms with Crippen molar-refractivity contribution in [1.82, 2.24) is 20.1 Å². The highest BCUT2D eigenvalue weighted by Crippen LogP contribution is 2.29. The monoisotopic (exact) mass is 218 g/mol. The van der Waals surface area contributed by atoms with Crippen LogP contribution in [0.3, 0.4) is 0 Å². The zero-order valence-corrected chi connectivity index (χ0v) is 9.74. The number of hydrogen-bond acceptors (Lipinski definition) is 3. The van der Waals surface area contributed by atoms with E-state index in [2.05, 4.69) is 32.9 Å². The van der Waals surface area contributed by atoms with E-state index in [0.717, 1.165) is 37.1 Å². The Morgan fingerprint density at radius 3 is 2.94 bits per heavy atom. The maximum absolute atomic E-state index is 5.37. The van der Waals surface area contributed by atoms with Crippen LogP contribution < -0.4 is 0 Å². The molecule has 1 aromatic heterocycles. The molecule has 0 bridgehead atoms. The van der Waals surface area contributed by atoms with Crippen molar-refractivity contribution in [3.8, 4) is 12.3 Å². The van der Waals surface area contributed by atoms with Gasteiger partial charge in [-0.1, -0.05) is 12.8 Å². The van der Waals surface area contributed by atoms with E-state index < -0.39 is 0 Å². The average Bonchev–Trinajstić information content (AvgIpc) is 2.96. The van der Waals surface area contributed by atoms with Crippen molar-refractivity contribution in [2.24, 2.45) is 5.92 Å². The largest absolute Gasteiger partial charge is 0.285 e. The Hall–Kier alpha value is -1.34. The van der Waals surface area contributed by atoms with Gasteiger partial charge in [0.25, 0.3) is 0 Å². The van der Waals surface area contributed by atoms with Gasteiger partial charge < -0.3 is 0 Å². The van der Waals surface area contributed by atoms with Crippen molar-refractivity contribution in [3.05, 3.63) is 11.6 Å². The van der Waals surface area contributed by atoms with Crippen LogP contribution in [0, 0.1) is 18.3 Å². The number of H-pyrrole nitrogens is 1. The van der Waals surface area contributed by atoms with Crippen molar-refractivity contribution in [2.75, 3.05) is 13.1 Å². The van der Waals surface area contributed by atoms with E-state index in [0.29, 0.717) is 6.54 Å². The molecule has 16 heavy (non-hydrogen) atoms. The molecule has 1 aliphatic carbocycles. The first-order valence-corrected chi connectivity index (χ1v) is 5.87. The Morgan fingerprint density at radius 1 is 1.56 bits per heavy atom. The second-order valence-electron chi connectivity index (χ2n) is 4.37. The molecule has 1 aromatic rings. The lowest BCUT2D eigenvalue weighted by molar-refractivity contribution is 0.280. The van der Waals surface area contributed by atoms with Crippen molar-refractivity contribution < 1.29 is 0 Å². The van der Waals surface area contributed by atoms with Crippen LogP contribution in [0.5, 0.6) is 0 Å². The molecule has 0 saturated heterocycles. The molecule has 1 saturated carbocycles. The molecule has 0 atom stereocenters.